The van der Waals surface area contributed by atoms with Crippen LogP contribution in [0.15, 0.2) is 73.1 Å². The number of hydrogen-bond acceptors (Lipinski definition) is 5. The van der Waals surface area contributed by atoms with Crippen LogP contribution in [0.4, 0.5) is 20.6 Å². The van der Waals surface area contributed by atoms with Crippen LogP contribution in [0.3, 0.4) is 0 Å². The third-order valence-corrected chi connectivity index (χ3v) is 4.76. The topological polar surface area (TPSA) is 94.0 Å². The number of anilines is 2. The van der Waals surface area contributed by atoms with Crippen molar-refractivity contribution in [1.29, 1.82) is 0 Å². The van der Waals surface area contributed by atoms with Crippen LogP contribution in [0.5, 0.6) is 5.75 Å². The zero-order chi connectivity index (χ0) is 25.0. The number of nitrogens with one attached hydrogen (secondary N) is 2. The number of benzene rings is 2. The van der Waals surface area contributed by atoms with Crippen molar-refractivity contribution in [3.8, 4) is 5.75 Å². The van der Waals surface area contributed by atoms with Crippen LogP contribution in [-0.4, -0.2) is 27.0 Å². The highest BCUT2D eigenvalue weighted by molar-refractivity contribution is 6.04. The Morgan fingerprint density at radius 2 is 1.86 bits per heavy atom. The minimum Gasteiger partial charge on any atom is -0.487 e. The maximum atomic E-state index is 14.2. The number of imidazole rings is 1. The molecule has 0 atom stereocenters. The lowest BCUT2D eigenvalue weighted by molar-refractivity contribution is 0.0635. The van der Waals surface area contributed by atoms with Crippen molar-refractivity contribution in [2.75, 3.05) is 10.6 Å². The second-order valence-corrected chi connectivity index (χ2v) is 8.79. The predicted octanol–water partition coefficient (Wildman–Crippen LogP) is 5.65. The SMILES string of the molecule is CC(C)(C)OC(=O)Nc1cc(NC(=O)c2cccc(OCc3cn4ccccc4n3)c2)ccc1F. The molecule has 0 saturated carbocycles. The molecule has 35 heavy (non-hydrogen) atoms. The van der Waals surface area contributed by atoms with Gasteiger partial charge in [-0.1, -0.05) is 12.1 Å². The van der Waals surface area contributed by atoms with Gasteiger partial charge in [0.2, 0.25) is 0 Å². The second kappa shape index (κ2) is 9.84. The van der Waals surface area contributed by atoms with E-state index in [9.17, 15) is 14.0 Å². The molecule has 4 rings (SSSR count). The van der Waals surface area contributed by atoms with Crippen molar-refractivity contribution in [3.05, 3.63) is 90.1 Å². The molecule has 0 saturated heterocycles. The molecular weight excluding hydrogens is 451 g/mol. The first-order chi connectivity index (χ1) is 16.7. The van der Waals surface area contributed by atoms with Crippen molar-refractivity contribution >= 4 is 29.0 Å². The number of carbonyl (C=O) groups excluding carboxylic acids is 2. The van der Waals surface area contributed by atoms with Gasteiger partial charge < -0.3 is 19.2 Å². The van der Waals surface area contributed by atoms with Crippen LogP contribution in [0.2, 0.25) is 0 Å². The molecule has 0 radical (unpaired) electrons. The molecule has 0 aliphatic rings. The van der Waals surface area contributed by atoms with Crippen LogP contribution in [-0.2, 0) is 11.3 Å². The Bertz CT molecular complexity index is 1340. The van der Waals surface area contributed by atoms with Gasteiger partial charge in [0.15, 0.2) is 0 Å². The number of pyridine rings is 1. The van der Waals surface area contributed by atoms with Gasteiger partial charge in [0, 0.05) is 23.6 Å². The van der Waals surface area contributed by atoms with E-state index in [0.717, 1.165) is 17.4 Å². The summed E-state index contributed by atoms with van der Waals surface area (Å²) in [5.41, 5.74) is 1.38. The van der Waals surface area contributed by atoms with Crippen LogP contribution >= 0.6 is 0 Å². The summed E-state index contributed by atoms with van der Waals surface area (Å²) in [4.78, 5) is 29.2. The van der Waals surface area contributed by atoms with E-state index >= 15 is 0 Å². The Balaban J connectivity index is 1.40. The first-order valence-electron chi connectivity index (χ1n) is 10.9. The minimum absolute atomic E-state index is 0.110. The Hall–Kier alpha value is -4.40. The molecule has 0 unspecified atom stereocenters. The highest BCUT2D eigenvalue weighted by Crippen LogP contribution is 2.22. The molecule has 0 spiro atoms. The van der Waals surface area contributed by atoms with Crippen molar-refractivity contribution < 1.29 is 23.5 Å². The number of halogens is 1. The van der Waals surface area contributed by atoms with Crippen LogP contribution in [0, 0.1) is 5.82 Å². The summed E-state index contributed by atoms with van der Waals surface area (Å²) in [6.07, 6.45) is 2.99. The predicted molar refractivity (Wildman–Crippen MR) is 130 cm³/mol. The number of carbonyl (C=O) groups is 2. The lowest BCUT2D eigenvalue weighted by Gasteiger charge is -2.20. The van der Waals surface area contributed by atoms with Crippen molar-refractivity contribution in [2.45, 2.75) is 33.0 Å². The van der Waals surface area contributed by atoms with E-state index in [1.807, 2.05) is 35.0 Å². The van der Waals surface area contributed by atoms with Gasteiger partial charge in [0.25, 0.3) is 5.91 Å². The highest BCUT2D eigenvalue weighted by atomic mass is 19.1. The summed E-state index contributed by atoms with van der Waals surface area (Å²) in [6.45, 7) is 5.35. The van der Waals surface area contributed by atoms with Gasteiger partial charge in [-0.05, 0) is 69.3 Å². The average Bonchev–Trinajstić information content (AvgIpc) is 3.22. The molecule has 2 amide bonds. The largest absolute Gasteiger partial charge is 0.487 e. The van der Waals surface area contributed by atoms with Gasteiger partial charge >= 0.3 is 6.09 Å². The van der Waals surface area contributed by atoms with E-state index in [1.54, 1.807) is 45.0 Å². The molecule has 0 fully saturated rings. The van der Waals surface area contributed by atoms with Gasteiger partial charge in [-0.2, -0.15) is 0 Å². The third kappa shape index (κ3) is 6.35. The molecule has 0 bridgehead atoms. The van der Waals surface area contributed by atoms with E-state index in [4.69, 9.17) is 9.47 Å². The number of aromatic nitrogens is 2. The number of nitrogens with zero attached hydrogens (tertiary/aromatic N) is 2. The number of rotatable bonds is 6. The first kappa shape index (κ1) is 23.7. The molecule has 0 aliphatic heterocycles. The van der Waals surface area contributed by atoms with Crippen molar-refractivity contribution in [1.82, 2.24) is 9.38 Å². The summed E-state index contributed by atoms with van der Waals surface area (Å²) in [7, 11) is 0. The van der Waals surface area contributed by atoms with Gasteiger partial charge in [-0.25, -0.2) is 14.2 Å². The summed E-state index contributed by atoms with van der Waals surface area (Å²) in [5.74, 6) is -0.574. The Morgan fingerprint density at radius 1 is 1.03 bits per heavy atom. The normalized spacial score (nSPS) is 11.2. The maximum absolute atomic E-state index is 14.2. The van der Waals surface area contributed by atoms with E-state index < -0.39 is 23.4 Å². The zero-order valence-corrected chi connectivity index (χ0v) is 19.5. The standard InChI is InChI=1S/C26H25FN4O4/c1-26(2,3)35-25(33)30-22-14-18(10-11-21(22)27)29-24(32)17-7-6-8-20(13-17)34-16-19-15-31-12-5-4-9-23(31)28-19/h4-15H,16H2,1-3H3,(H,29,32)(H,30,33). The molecule has 0 aliphatic carbocycles. The van der Waals surface area contributed by atoms with E-state index in [1.165, 1.54) is 12.1 Å². The fourth-order valence-electron chi connectivity index (χ4n) is 3.26. The van der Waals surface area contributed by atoms with Gasteiger partial charge in [-0.15, -0.1) is 0 Å². The van der Waals surface area contributed by atoms with Crippen LogP contribution in [0.1, 0.15) is 36.8 Å². The van der Waals surface area contributed by atoms with E-state index in [0.29, 0.717) is 17.0 Å². The first-order valence-corrected chi connectivity index (χ1v) is 10.9. The summed E-state index contributed by atoms with van der Waals surface area (Å²) >= 11 is 0. The molecule has 8 nitrogen and oxygen atoms in total. The number of fused-ring (bicyclic) bond motifs is 1. The van der Waals surface area contributed by atoms with Crippen LogP contribution in [0.25, 0.3) is 5.65 Å². The molecule has 2 aromatic heterocycles. The molecule has 2 heterocycles. The highest BCUT2D eigenvalue weighted by Gasteiger charge is 2.18. The molecule has 180 valence electrons. The summed E-state index contributed by atoms with van der Waals surface area (Å²) in [6, 6.07) is 16.3. The fourth-order valence-corrected chi connectivity index (χ4v) is 3.26. The Morgan fingerprint density at radius 3 is 2.63 bits per heavy atom. The zero-order valence-electron chi connectivity index (χ0n) is 19.5. The molecule has 9 heteroatoms. The van der Waals surface area contributed by atoms with E-state index in [2.05, 4.69) is 15.6 Å². The maximum Gasteiger partial charge on any atom is 0.412 e. The summed E-state index contributed by atoms with van der Waals surface area (Å²) in [5, 5.41) is 5.05. The lowest BCUT2D eigenvalue weighted by atomic mass is 10.2. The quantitative estimate of drug-likeness (QED) is 0.375. The second-order valence-electron chi connectivity index (χ2n) is 8.79. The average molecular weight is 477 g/mol. The smallest absolute Gasteiger partial charge is 0.412 e. The van der Waals surface area contributed by atoms with Gasteiger partial charge in [0.1, 0.15) is 29.4 Å². The number of amides is 2. The number of hydrogen-bond donors (Lipinski definition) is 2. The van der Waals surface area contributed by atoms with Gasteiger partial charge in [0.05, 0.1) is 11.4 Å². The Labute approximate surface area is 201 Å². The molecule has 2 N–H and O–H groups in total. The van der Waals surface area contributed by atoms with Crippen molar-refractivity contribution in [3.63, 3.8) is 0 Å². The monoisotopic (exact) mass is 476 g/mol. The summed E-state index contributed by atoms with van der Waals surface area (Å²) < 4.78 is 27.0. The third-order valence-electron chi connectivity index (χ3n) is 4.76. The molecule has 2 aromatic carbocycles. The van der Waals surface area contributed by atoms with Crippen LogP contribution < -0.4 is 15.4 Å². The molecular formula is C26H25FN4O4. The Kier molecular flexibility index (Phi) is 6.68. The minimum atomic E-state index is -0.796. The van der Waals surface area contributed by atoms with Gasteiger partial charge in [-0.3, -0.25) is 10.1 Å². The number of ether oxygens (including phenoxy) is 2. The van der Waals surface area contributed by atoms with E-state index in [-0.39, 0.29) is 12.3 Å². The lowest BCUT2D eigenvalue weighted by Crippen LogP contribution is -2.27. The van der Waals surface area contributed by atoms with Crippen molar-refractivity contribution in [2.24, 2.45) is 0 Å². The molecule has 4 aromatic rings. The fraction of sp³-hybridized carbons (Fsp3) is 0.192.